The Morgan fingerprint density at radius 1 is 1.31 bits per heavy atom. The Kier molecular flexibility index (Phi) is 5.29. The van der Waals surface area contributed by atoms with Crippen molar-refractivity contribution in [3.8, 4) is 0 Å². The fraction of sp³-hybridized carbons (Fsp3) is 0. The monoisotopic (exact) mass is 192 g/mol. The molecular formula is C7H9N2NaO3. The summed E-state index contributed by atoms with van der Waals surface area (Å²) in [7, 11) is 0. The molecule has 0 aromatic heterocycles. The molecule has 0 bridgehead atoms. The fourth-order valence-electron chi connectivity index (χ4n) is 0.703. The predicted octanol–water partition coefficient (Wildman–Crippen LogP) is -0.133. The van der Waals surface area contributed by atoms with Crippen molar-refractivity contribution in [1.29, 1.82) is 0 Å². The zero-order valence-electron chi connectivity index (χ0n) is 7.19. The summed E-state index contributed by atoms with van der Waals surface area (Å²) >= 11 is 0.970. The Labute approximate surface area is 92.8 Å². The molecule has 1 aromatic rings. The molecule has 1 rings (SSSR count). The van der Waals surface area contributed by atoms with Crippen molar-refractivity contribution in [2.75, 3.05) is 11.5 Å². The number of anilines is 2. The molecule has 66 valence electrons. The molecule has 6 N–H and O–H groups in total. The number of benzene rings is 1. The zero-order valence-corrected chi connectivity index (χ0v) is 9.19. The first-order chi connectivity index (χ1) is 5.95. The van der Waals surface area contributed by atoms with E-state index < -0.39 is 6.16 Å². The zero-order chi connectivity index (χ0) is 10.4. The average molecular weight is 192 g/mol. The van der Waals surface area contributed by atoms with Crippen molar-refractivity contribution in [3.63, 3.8) is 0 Å². The average Bonchev–Trinajstić information content (AvgIpc) is 1.99. The molecule has 0 unspecified atom stereocenters. The van der Waals surface area contributed by atoms with Gasteiger partial charge in [0.05, 0.1) is 0 Å². The van der Waals surface area contributed by atoms with Crippen LogP contribution in [0.1, 0.15) is 0 Å². The van der Waals surface area contributed by atoms with Crippen molar-refractivity contribution in [2.24, 2.45) is 0 Å². The van der Waals surface area contributed by atoms with Gasteiger partial charge in [-0.15, -0.1) is 0 Å². The Bertz CT molecular complexity index is 280. The van der Waals surface area contributed by atoms with Crippen LogP contribution < -0.4 is 14.3 Å². The van der Waals surface area contributed by atoms with Crippen LogP contribution in [0.5, 0.6) is 0 Å². The van der Waals surface area contributed by atoms with Crippen LogP contribution in [0.2, 0.25) is 0 Å². The first-order valence-corrected chi connectivity index (χ1v) is 4.47. The summed E-state index contributed by atoms with van der Waals surface area (Å²) in [6, 6.07) is 5.74. The molecule has 0 amide bonds. The number of carbonyl (C=O) groups is 1. The van der Waals surface area contributed by atoms with Gasteiger partial charge in [0.1, 0.15) is 0 Å². The van der Waals surface area contributed by atoms with Gasteiger partial charge >= 0.3 is 77.9 Å². The van der Waals surface area contributed by atoms with Gasteiger partial charge in [-0.3, -0.25) is 0 Å². The number of nitrogen functional groups attached to an aromatic ring is 2. The Balaban J connectivity index is 0.000000310. The third-order valence-electron chi connectivity index (χ3n) is 1.36. The minimum Gasteiger partial charge on any atom is -0.450 e. The molecule has 0 atom stereocenters. The first kappa shape index (κ1) is 12.1. The summed E-state index contributed by atoms with van der Waals surface area (Å²) in [6.45, 7) is 0. The number of nitrogens with two attached hydrogens (primary N) is 2. The smallest absolute Gasteiger partial charge is 0.450 e. The maximum absolute atomic E-state index is 8.56. The molecule has 0 aliphatic carbocycles. The van der Waals surface area contributed by atoms with E-state index in [1.807, 2.05) is 18.2 Å². The topological polar surface area (TPSA) is 110 Å². The Hall–Kier alpha value is -0.910. The van der Waals surface area contributed by atoms with Crippen molar-refractivity contribution in [3.05, 3.63) is 18.2 Å². The number of carboxylic acid groups (broad SMARTS) is 2. The van der Waals surface area contributed by atoms with Gasteiger partial charge in [-0.05, 0) is 0 Å². The molecule has 13 heavy (non-hydrogen) atoms. The van der Waals surface area contributed by atoms with Crippen LogP contribution in [0.15, 0.2) is 18.2 Å². The van der Waals surface area contributed by atoms with E-state index in [1.165, 1.54) is 2.81 Å². The summed E-state index contributed by atoms with van der Waals surface area (Å²) in [6.07, 6.45) is -1.83. The molecule has 0 aliphatic heterocycles. The normalized spacial score (nSPS) is 8.46. The minimum absolute atomic E-state index is 0.697. The van der Waals surface area contributed by atoms with Gasteiger partial charge < -0.3 is 10.2 Å². The van der Waals surface area contributed by atoms with E-state index in [4.69, 9.17) is 26.5 Å². The van der Waals surface area contributed by atoms with E-state index in [9.17, 15) is 0 Å². The molecule has 5 nitrogen and oxygen atoms in total. The van der Waals surface area contributed by atoms with Crippen LogP contribution in [-0.4, -0.2) is 44.3 Å². The molecule has 0 aliphatic rings. The molecular weight excluding hydrogens is 183 g/mol. The van der Waals surface area contributed by atoms with Gasteiger partial charge in [0.25, 0.3) is 0 Å². The number of para-hydroxylation sites is 1. The van der Waals surface area contributed by atoms with Crippen LogP contribution in [0, 0.1) is 0 Å². The summed E-state index contributed by atoms with van der Waals surface area (Å²) in [5.74, 6) is 0. The molecule has 0 heterocycles. The van der Waals surface area contributed by atoms with E-state index in [0.29, 0.717) is 5.69 Å². The largest absolute Gasteiger partial charge is 0.503 e. The summed E-state index contributed by atoms with van der Waals surface area (Å²) < 4.78 is 1.18. The second-order valence-corrected chi connectivity index (χ2v) is 3.44. The van der Waals surface area contributed by atoms with E-state index in [1.54, 1.807) is 0 Å². The minimum atomic E-state index is -1.83. The van der Waals surface area contributed by atoms with E-state index in [-0.39, 0.29) is 0 Å². The third kappa shape index (κ3) is 5.35. The number of hydrogen-bond donors (Lipinski definition) is 4. The second kappa shape index (κ2) is 5.69. The second-order valence-electron chi connectivity index (χ2n) is 2.36. The van der Waals surface area contributed by atoms with Crippen LogP contribution in [0.25, 0.3) is 0 Å². The fourth-order valence-corrected chi connectivity index (χ4v) is 1.18. The molecule has 0 saturated carbocycles. The van der Waals surface area contributed by atoms with Gasteiger partial charge in [0.15, 0.2) is 0 Å². The van der Waals surface area contributed by atoms with Crippen molar-refractivity contribution in [2.45, 2.75) is 0 Å². The van der Waals surface area contributed by atoms with Gasteiger partial charge in [0.2, 0.25) is 0 Å². The molecule has 0 fully saturated rings. The Morgan fingerprint density at radius 3 is 2.08 bits per heavy atom. The van der Waals surface area contributed by atoms with Crippen molar-refractivity contribution < 1.29 is 15.0 Å². The summed E-state index contributed by atoms with van der Waals surface area (Å²) in [5.41, 5.74) is 12.6. The van der Waals surface area contributed by atoms with Gasteiger partial charge in [-0.1, -0.05) is 0 Å². The molecule has 1 aromatic carbocycles. The van der Waals surface area contributed by atoms with Gasteiger partial charge in [-0.25, -0.2) is 4.79 Å². The van der Waals surface area contributed by atoms with Crippen LogP contribution in [-0.2, 0) is 0 Å². The van der Waals surface area contributed by atoms with Gasteiger partial charge in [0, 0.05) is 0 Å². The maximum atomic E-state index is 8.56. The molecule has 6 heteroatoms. The number of rotatable bonds is 0. The SMILES string of the molecule is Nc1ccc[c]([Na])c1N.O=C(O)O. The van der Waals surface area contributed by atoms with Crippen LogP contribution in [0.3, 0.4) is 0 Å². The summed E-state index contributed by atoms with van der Waals surface area (Å²) in [5, 5.41) is 13.9. The van der Waals surface area contributed by atoms with Gasteiger partial charge in [-0.2, -0.15) is 0 Å². The van der Waals surface area contributed by atoms with E-state index in [0.717, 1.165) is 33.6 Å². The molecule has 0 spiro atoms. The van der Waals surface area contributed by atoms with Crippen LogP contribution >= 0.6 is 0 Å². The van der Waals surface area contributed by atoms with E-state index >= 15 is 0 Å². The third-order valence-corrected chi connectivity index (χ3v) is 2.23. The van der Waals surface area contributed by atoms with Crippen LogP contribution in [0.4, 0.5) is 16.2 Å². The molecule has 0 saturated heterocycles. The first-order valence-electron chi connectivity index (χ1n) is 3.47. The predicted molar refractivity (Wildman–Crippen MR) is 51.3 cm³/mol. The Morgan fingerprint density at radius 2 is 1.77 bits per heavy atom. The standard InChI is InChI=1S/C6H7N2.CH2O3.Na/c7-5-3-1-2-4-6(5)8;2-1(3)4;/h1-3H,7-8H2;(H2,2,3,4);. The van der Waals surface area contributed by atoms with Crippen molar-refractivity contribution in [1.82, 2.24) is 0 Å². The maximum Gasteiger partial charge on any atom is 0.503 e. The molecule has 0 radical (unpaired) electrons. The van der Waals surface area contributed by atoms with E-state index in [2.05, 4.69) is 0 Å². The number of hydrogen-bond acceptors (Lipinski definition) is 3. The summed E-state index contributed by atoms with van der Waals surface area (Å²) in [4.78, 5) is 8.56. The quantitative estimate of drug-likeness (QED) is 0.338. The van der Waals surface area contributed by atoms with Crippen molar-refractivity contribution >= 4 is 48.3 Å².